The number of benzene rings is 2. The minimum absolute atomic E-state index is 0.00766. The number of ether oxygens (including phenoxy) is 2. The Balaban J connectivity index is 1.52. The molecule has 0 N–H and O–H groups in total. The number of rotatable bonds is 8. The Morgan fingerprint density at radius 3 is 2.59 bits per heavy atom. The molecule has 27 heavy (non-hydrogen) atoms. The molecule has 1 heterocycles. The van der Waals surface area contributed by atoms with Crippen LogP contribution in [-0.2, 0) is 9.53 Å². The van der Waals surface area contributed by atoms with E-state index in [0.29, 0.717) is 28.7 Å². The van der Waals surface area contributed by atoms with E-state index in [1.807, 2.05) is 31.2 Å². The van der Waals surface area contributed by atoms with Crippen LogP contribution in [0.5, 0.6) is 5.75 Å². The first-order valence-corrected chi connectivity index (χ1v) is 9.50. The lowest BCUT2D eigenvalue weighted by Crippen LogP contribution is -2.25. The van der Waals surface area contributed by atoms with Gasteiger partial charge in [0, 0.05) is 5.56 Å². The molecule has 0 saturated heterocycles. The first-order chi connectivity index (χ1) is 13.1. The molecular weight excluding hydrogens is 366 g/mol. The zero-order chi connectivity index (χ0) is 19.2. The minimum Gasteiger partial charge on any atom is -0.494 e. The van der Waals surface area contributed by atoms with Crippen LogP contribution in [0.4, 0.5) is 0 Å². The summed E-state index contributed by atoms with van der Waals surface area (Å²) in [7, 11) is 0. The SMILES string of the molecule is CCOc1ccc(C(=O)[C@@H](C)OC(=O)CSc2nc3ccccc3o2)cc1. The van der Waals surface area contributed by atoms with Crippen molar-refractivity contribution in [2.45, 2.75) is 25.2 Å². The van der Waals surface area contributed by atoms with Gasteiger partial charge in [0.15, 0.2) is 11.7 Å². The number of carbonyl (C=O) groups is 2. The van der Waals surface area contributed by atoms with Crippen molar-refractivity contribution in [1.29, 1.82) is 0 Å². The fourth-order valence-corrected chi connectivity index (χ4v) is 3.06. The second-order valence-electron chi connectivity index (χ2n) is 5.69. The number of esters is 1. The second kappa shape index (κ2) is 8.73. The van der Waals surface area contributed by atoms with Crippen LogP contribution in [0, 0.1) is 0 Å². The van der Waals surface area contributed by atoms with Crippen LogP contribution in [0.3, 0.4) is 0 Å². The molecule has 0 aliphatic heterocycles. The molecule has 0 aliphatic carbocycles. The summed E-state index contributed by atoms with van der Waals surface area (Å²) >= 11 is 1.13. The van der Waals surface area contributed by atoms with Crippen LogP contribution >= 0.6 is 11.8 Å². The summed E-state index contributed by atoms with van der Waals surface area (Å²) in [6.45, 7) is 4.00. The van der Waals surface area contributed by atoms with Crippen molar-refractivity contribution in [2.75, 3.05) is 12.4 Å². The van der Waals surface area contributed by atoms with E-state index < -0.39 is 12.1 Å². The molecule has 140 valence electrons. The fourth-order valence-electron chi connectivity index (χ4n) is 2.43. The second-order valence-corrected chi connectivity index (χ2v) is 6.62. The molecule has 0 amide bonds. The lowest BCUT2D eigenvalue weighted by atomic mass is 10.1. The lowest BCUT2D eigenvalue weighted by Gasteiger charge is -2.12. The molecule has 0 bridgehead atoms. The van der Waals surface area contributed by atoms with Crippen LogP contribution in [0.25, 0.3) is 11.1 Å². The molecule has 7 heteroatoms. The Labute approximate surface area is 160 Å². The van der Waals surface area contributed by atoms with Crippen LogP contribution in [-0.4, -0.2) is 35.2 Å². The van der Waals surface area contributed by atoms with E-state index in [1.54, 1.807) is 31.2 Å². The summed E-state index contributed by atoms with van der Waals surface area (Å²) < 4.78 is 16.1. The van der Waals surface area contributed by atoms with E-state index >= 15 is 0 Å². The highest BCUT2D eigenvalue weighted by atomic mass is 32.2. The average molecular weight is 385 g/mol. The van der Waals surface area contributed by atoms with Crippen molar-refractivity contribution in [3.63, 3.8) is 0 Å². The van der Waals surface area contributed by atoms with E-state index in [0.717, 1.165) is 17.3 Å². The number of oxazole rings is 1. The molecular formula is C20H19NO5S. The van der Waals surface area contributed by atoms with E-state index in [2.05, 4.69) is 4.98 Å². The number of thioether (sulfide) groups is 1. The summed E-state index contributed by atoms with van der Waals surface area (Å²) in [5.41, 5.74) is 1.85. The third-order valence-electron chi connectivity index (χ3n) is 3.72. The van der Waals surface area contributed by atoms with Gasteiger partial charge in [0.2, 0.25) is 5.78 Å². The number of hydrogen-bond acceptors (Lipinski definition) is 7. The molecule has 0 saturated carbocycles. The maximum atomic E-state index is 12.4. The Hall–Kier alpha value is -2.80. The standard InChI is InChI=1S/C20H19NO5S/c1-3-24-15-10-8-14(9-11-15)19(23)13(2)25-18(22)12-27-20-21-16-6-4-5-7-17(16)26-20/h4-11,13H,3,12H2,1-2H3/t13-/m1/s1. The van der Waals surface area contributed by atoms with Crippen molar-refractivity contribution >= 4 is 34.6 Å². The van der Waals surface area contributed by atoms with Gasteiger partial charge in [0.25, 0.3) is 5.22 Å². The van der Waals surface area contributed by atoms with Crippen LogP contribution in [0.1, 0.15) is 24.2 Å². The van der Waals surface area contributed by atoms with Gasteiger partial charge in [-0.05, 0) is 50.2 Å². The number of aromatic nitrogens is 1. The van der Waals surface area contributed by atoms with Gasteiger partial charge in [0.1, 0.15) is 17.0 Å². The normalized spacial score (nSPS) is 11.9. The number of nitrogens with zero attached hydrogens (tertiary/aromatic N) is 1. The molecule has 0 spiro atoms. The van der Waals surface area contributed by atoms with Gasteiger partial charge in [-0.15, -0.1) is 0 Å². The van der Waals surface area contributed by atoms with Gasteiger partial charge in [-0.25, -0.2) is 4.98 Å². The van der Waals surface area contributed by atoms with E-state index in [9.17, 15) is 9.59 Å². The molecule has 6 nitrogen and oxygen atoms in total. The third-order valence-corrected chi connectivity index (χ3v) is 4.52. The van der Waals surface area contributed by atoms with Gasteiger partial charge in [0.05, 0.1) is 6.61 Å². The molecule has 0 unspecified atom stereocenters. The molecule has 0 aliphatic rings. The lowest BCUT2D eigenvalue weighted by molar-refractivity contribution is -0.143. The van der Waals surface area contributed by atoms with Gasteiger partial charge in [-0.1, -0.05) is 23.9 Å². The predicted octanol–water partition coefficient (Wildman–Crippen LogP) is 4.13. The summed E-state index contributed by atoms with van der Waals surface area (Å²) in [5.74, 6) is -0.0750. The van der Waals surface area contributed by atoms with Crippen molar-refractivity contribution in [1.82, 2.24) is 4.98 Å². The smallest absolute Gasteiger partial charge is 0.317 e. The van der Waals surface area contributed by atoms with Crippen LogP contribution in [0.2, 0.25) is 0 Å². The zero-order valence-electron chi connectivity index (χ0n) is 15.0. The number of ketones is 1. The highest BCUT2D eigenvalue weighted by molar-refractivity contribution is 7.99. The summed E-state index contributed by atoms with van der Waals surface area (Å²) in [4.78, 5) is 28.7. The third kappa shape index (κ3) is 4.89. The van der Waals surface area contributed by atoms with E-state index in [4.69, 9.17) is 13.9 Å². The Bertz CT molecular complexity index is 902. The molecule has 0 fully saturated rings. The van der Waals surface area contributed by atoms with E-state index in [1.165, 1.54) is 0 Å². The summed E-state index contributed by atoms with van der Waals surface area (Å²) in [6, 6.07) is 14.1. The van der Waals surface area contributed by atoms with Gasteiger partial charge >= 0.3 is 5.97 Å². The van der Waals surface area contributed by atoms with Crippen molar-refractivity contribution in [3.05, 3.63) is 54.1 Å². The maximum absolute atomic E-state index is 12.4. The van der Waals surface area contributed by atoms with Crippen molar-refractivity contribution < 1.29 is 23.5 Å². The molecule has 3 rings (SSSR count). The number of Topliss-reactive ketones (excluding diaryl/α,β-unsaturated/α-hetero) is 1. The quantitative estimate of drug-likeness (QED) is 0.328. The first kappa shape index (κ1) is 19.0. The first-order valence-electron chi connectivity index (χ1n) is 8.51. The van der Waals surface area contributed by atoms with Crippen molar-refractivity contribution in [2.24, 2.45) is 0 Å². The Kier molecular flexibility index (Phi) is 6.13. The molecule has 0 radical (unpaired) electrons. The van der Waals surface area contributed by atoms with Gasteiger partial charge in [-0.3, -0.25) is 9.59 Å². The number of fused-ring (bicyclic) bond motifs is 1. The number of para-hydroxylation sites is 2. The molecule has 1 atom stereocenters. The maximum Gasteiger partial charge on any atom is 0.317 e. The predicted molar refractivity (Wildman–Crippen MR) is 102 cm³/mol. The zero-order valence-corrected chi connectivity index (χ0v) is 15.8. The largest absolute Gasteiger partial charge is 0.494 e. The summed E-state index contributed by atoms with van der Waals surface area (Å²) in [6.07, 6.45) is -0.875. The molecule has 3 aromatic rings. The van der Waals surface area contributed by atoms with Gasteiger partial charge in [-0.2, -0.15) is 0 Å². The molecule has 2 aromatic carbocycles. The van der Waals surface area contributed by atoms with Gasteiger partial charge < -0.3 is 13.9 Å². The average Bonchev–Trinajstić information content (AvgIpc) is 3.09. The monoisotopic (exact) mass is 385 g/mol. The summed E-state index contributed by atoms with van der Waals surface area (Å²) in [5, 5.41) is 0.388. The Morgan fingerprint density at radius 2 is 1.89 bits per heavy atom. The van der Waals surface area contributed by atoms with Crippen molar-refractivity contribution in [3.8, 4) is 5.75 Å². The van der Waals surface area contributed by atoms with E-state index in [-0.39, 0.29) is 11.5 Å². The Morgan fingerprint density at radius 1 is 1.15 bits per heavy atom. The number of carbonyl (C=O) groups excluding carboxylic acids is 2. The molecule has 1 aromatic heterocycles. The highest BCUT2D eigenvalue weighted by Gasteiger charge is 2.20. The minimum atomic E-state index is -0.875. The number of hydrogen-bond donors (Lipinski definition) is 0. The topological polar surface area (TPSA) is 78.6 Å². The highest BCUT2D eigenvalue weighted by Crippen LogP contribution is 2.23. The van der Waals surface area contributed by atoms with Crippen LogP contribution < -0.4 is 4.74 Å². The fraction of sp³-hybridized carbons (Fsp3) is 0.250. The van der Waals surface area contributed by atoms with Crippen LogP contribution in [0.15, 0.2) is 58.2 Å².